The van der Waals surface area contributed by atoms with Crippen molar-refractivity contribution in [2.75, 3.05) is 18.0 Å². The fourth-order valence-electron chi connectivity index (χ4n) is 2.36. The van der Waals surface area contributed by atoms with E-state index in [9.17, 15) is 28.4 Å². The zero-order valence-corrected chi connectivity index (χ0v) is 12.1. The number of nitro groups is 1. The summed E-state index contributed by atoms with van der Waals surface area (Å²) in [6, 6.07) is 1.29. The van der Waals surface area contributed by atoms with E-state index in [2.05, 4.69) is 0 Å². The monoisotopic (exact) mass is 324 g/mol. The molecule has 1 aliphatic rings. The highest BCUT2D eigenvalue weighted by Crippen LogP contribution is 2.43. The zero-order valence-electron chi connectivity index (χ0n) is 11.3. The van der Waals surface area contributed by atoms with Gasteiger partial charge in [0, 0.05) is 24.0 Å². The standard InChI is InChI=1S/C12H15F3N2O3S/c1-7(18)10-6-9(17(19)20)11(21-10)16-4-2-8(3-5-16)12(13,14)15/h6-8,18H,2-5H2,1H3/t7-/m0/s1. The summed E-state index contributed by atoms with van der Waals surface area (Å²) in [5.41, 5.74) is -0.152. The number of rotatable bonds is 3. The van der Waals surface area contributed by atoms with Gasteiger partial charge in [0.1, 0.15) is 0 Å². The number of thiophene rings is 1. The van der Waals surface area contributed by atoms with E-state index in [0.717, 1.165) is 11.3 Å². The molecule has 2 rings (SSSR count). The van der Waals surface area contributed by atoms with Crippen molar-refractivity contribution < 1.29 is 23.2 Å². The van der Waals surface area contributed by atoms with Crippen LogP contribution >= 0.6 is 11.3 Å². The van der Waals surface area contributed by atoms with Crippen molar-refractivity contribution in [2.45, 2.75) is 32.0 Å². The van der Waals surface area contributed by atoms with E-state index in [4.69, 9.17) is 0 Å². The molecule has 1 saturated heterocycles. The van der Waals surface area contributed by atoms with Gasteiger partial charge in [0.2, 0.25) is 0 Å². The van der Waals surface area contributed by atoms with E-state index in [-0.39, 0.29) is 31.6 Å². The van der Waals surface area contributed by atoms with Crippen LogP contribution in [-0.4, -0.2) is 29.3 Å². The van der Waals surface area contributed by atoms with Crippen LogP contribution in [0.1, 0.15) is 30.7 Å². The van der Waals surface area contributed by atoms with Gasteiger partial charge in [0.25, 0.3) is 0 Å². The third kappa shape index (κ3) is 3.46. The van der Waals surface area contributed by atoms with Crippen molar-refractivity contribution in [3.8, 4) is 0 Å². The van der Waals surface area contributed by atoms with E-state index >= 15 is 0 Å². The van der Waals surface area contributed by atoms with Crippen LogP contribution in [0.25, 0.3) is 0 Å². The van der Waals surface area contributed by atoms with Crippen molar-refractivity contribution in [3.63, 3.8) is 0 Å². The molecule has 1 aliphatic heterocycles. The molecule has 5 nitrogen and oxygen atoms in total. The SMILES string of the molecule is C[C@H](O)c1cc([N+](=O)[O-])c(N2CCC(C(F)(F)F)CC2)s1. The van der Waals surface area contributed by atoms with Gasteiger partial charge >= 0.3 is 11.9 Å². The van der Waals surface area contributed by atoms with Crippen LogP contribution in [-0.2, 0) is 0 Å². The molecule has 0 spiro atoms. The average molecular weight is 324 g/mol. The molecule has 0 amide bonds. The number of hydrogen-bond acceptors (Lipinski definition) is 5. The van der Waals surface area contributed by atoms with Crippen molar-refractivity contribution >= 4 is 22.0 Å². The first-order chi connectivity index (χ1) is 9.70. The fourth-order valence-corrected chi connectivity index (χ4v) is 3.48. The molecular weight excluding hydrogens is 309 g/mol. The second-order valence-electron chi connectivity index (χ2n) is 5.08. The highest BCUT2D eigenvalue weighted by Gasteiger charge is 2.42. The minimum Gasteiger partial charge on any atom is -0.388 e. The number of anilines is 1. The van der Waals surface area contributed by atoms with E-state index < -0.39 is 23.1 Å². The second kappa shape index (κ2) is 5.80. The maximum Gasteiger partial charge on any atom is 0.391 e. The lowest BCUT2D eigenvalue weighted by Gasteiger charge is -2.33. The van der Waals surface area contributed by atoms with Gasteiger partial charge in [-0.3, -0.25) is 10.1 Å². The van der Waals surface area contributed by atoms with E-state index in [0.29, 0.717) is 9.88 Å². The molecule has 1 fully saturated rings. The molecule has 0 saturated carbocycles. The second-order valence-corrected chi connectivity index (χ2v) is 6.14. The highest BCUT2D eigenvalue weighted by molar-refractivity contribution is 7.16. The Morgan fingerprint density at radius 3 is 2.48 bits per heavy atom. The van der Waals surface area contributed by atoms with Crippen LogP contribution in [0, 0.1) is 16.0 Å². The van der Waals surface area contributed by atoms with Crippen molar-refractivity contribution in [1.82, 2.24) is 0 Å². The van der Waals surface area contributed by atoms with Crippen molar-refractivity contribution in [3.05, 3.63) is 21.1 Å². The van der Waals surface area contributed by atoms with Gasteiger partial charge in [-0.2, -0.15) is 13.2 Å². The molecule has 0 bridgehead atoms. The number of aliphatic hydroxyl groups excluding tert-OH is 1. The minimum absolute atomic E-state index is 0.0669. The maximum absolute atomic E-state index is 12.6. The summed E-state index contributed by atoms with van der Waals surface area (Å²) < 4.78 is 37.9. The quantitative estimate of drug-likeness (QED) is 0.683. The van der Waals surface area contributed by atoms with Gasteiger partial charge < -0.3 is 10.0 Å². The highest BCUT2D eigenvalue weighted by atomic mass is 32.1. The number of alkyl halides is 3. The summed E-state index contributed by atoms with van der Waals surface area (Å²) in [7, 11) is 0. The Kier molecular flexibility index (Phi) is 4.43. The molecule has 0 aliphatic carbocycles. The van der Waals surface area contributed by atoms with E-state index in [1.165, 1.54) is 13.0 Å². The fraction of sp³-hybridized carbons (Fsp3) is 0.667. The topological polar surface area (TPSA) is 66.6 Å². The molecule has 0 aromatic carbocycles. The summed E-state index contributed by atoms with van der Waals surface area (Å²) in [5.74, 6) is -1.34. The van der Waals surface area contributed by atoms with E-state index in [1.807, 2.05) is 0 Å². The Labute approximate surface area is 123 Å². The Bertz CT molecular complexity index is 522. The Morgan fingerprint density at radius 1 is 1.48 bits per heavy atom. The predicted octanol–water partition coefficient (Wildman–Crippen LogP) is 3.49. The maximum atomic E-state index is 12.6. The van der Waals surface area contributed by atoms with Gasteiger partial charge in [0.15, 0.2) is 5.00 Å². The van der Waals surface area contributed by atoms with Crippen LogP contribution in [0.3, 0.4) is 0 Å². The first kappa shape index (κ1) is 16.0. The van der Waals surface area contributed by atoms with Crippen LogP contribution in [0.5, 0.6) is 0 Å². The molecule has 118 valence electrons. The summed E-state index contributed by atoms with van der Waals surface area (Å²) >= 11 is 1.06. The molecule has 1 atom stereocenters. The van der Waals surface area contributed by atoms with Crippen LogP contribution < -0.4 is 4.90 Å². The molecule has 21 heavy (non-hydrogen) atoms. The molecule has 9 heteroatoms. The summed E-state index contributed by atoms with van der Waals surface area (Å²) in [5, 5.41) is 20.9. The summed E-state index contributed by atoms with van der Waals surface area (Å²) in [4.78, 5) is 12.5. The molecule has 0 radical (unpaired) electrons. The first-order valence-corrected chi connectivity index (χ1v) is 7.29. The lowest BCUT2D eigenvalue weighted by atomic mass is 9.96. The smallest absolute Gasteiger partial charge is 0.388 e. The van der Waals surface area contributed by atoms with Crippen molar-refractivity contribution in [1.29, 1.82) is 0 Å². The summed E-state index contributed by atoms with van der Waals surface area (Å²) in [6.45, 7) is 1.75. The average Bonchev–Trinajstić information content (AvgIpc) is 2.83. The van der Waals surface area contributed by atoms with Crippen molar-refractivity contribution in [2.24, 2.45) is 5.92 Å². The Hall–Kier alpha value is -1.35. The molecule has 0 unspecified atom stereocenters. The van der Waals surface area contributed by atoms with Gasteiger partial charge in [-0.05, 0) is 19.8 Å². The lowest BCUT2D eigenvalue weighted by molar-refractivity contribution is -0.383. The molecular formula is C12H15F3N2O3S. The van der Waals surface area contributed by atoms with Crippen LogP contribution in [0.15, 0.2) is 6.07 Å². The summed E-state index contributed by atoms with van der Waals surface area (Å²) in [6.07, 6.45) is -5.18. The lowest BCUT2D eigenvalue weighted by Crippen LogP contribution is -2.38. The number of piperidine rings is 1. The van der Waals surface area contributed by atoms with Crippen LogP contribution in [0.2, 0.25) is 0 Å². The molecule has 1 aromatic heterocycles. The predicted molar refractivity (Wildman–Crippen MR) is 72.6 cm³/mol. The van der Waals surface area contributed by atoms with Gasteiger partial charge in [0.05, 0.1) is 16.9 Å². The molecule has 1 N–H and O–H groups in total. The Balaban J connectivity index is 2.18. The van der Waals surface area contributed by atoms with Gasteiger partial charge in [-0.1, -0.05) is 0 Å². The third-order valence-electron chi connectivity index (χ3n) is 3.57. The first-order valence-electron chi connectivity index (χ1n) is 6.48. The van der Waals surface area contributed by atoms with Gasteiger partial charge in [-0.15, -0.1) is 11.3 Å². The number of hydrogen-bond donors (Lipinski definition) is 1. The van der Waals surface area contributed by atoms with E-state index in [1.54, 1.807) is 4.90 Å². The third-order valence-corrected chi connectivity index (χ3v) is 4.92. The molecule has 1 aromatic rings. The normalized spacial score (nSPS) is 18.8. The minimum atomic E-state index is -4.21. The molecule has 2 heterocycles. The van der Waals surface area contributed by atoms with Gasteiger partial charge in [-0.25, -0.2) is 0 Å². The largest absolute Gasteiger partial charge is 0.391 e. The number of nitrogens with zero attached hydrogens (tertiary/aromatic N) is 2. The Morgan fingerprint density at radius 2 is 2.05 bits per heavy atom. The number of halogens is 3. The van der Waals surface area contributed by atoms with Crippen LogP contribution in [0.4, 0.5) is 23.9 Å². The zero-order chi connectivity index (χ0) is 15.8. The number of aliphatic hydroxyl groups is 1.